The molecule has 3 heterocycles. The van der Waals surface area contributed by atoms with Crippen molar-refractivity contribution >= 4 is 24.2 Å². The Balaban J connectivity index is 2.01. The summed E-state index contributed by atoms with van der Waals surface area (Å²) in [7, 11) is 4.89. The Morgan fingerprint density at radius 3 is 2.18 bits per heavy atom. The Morgan fingerprint density at radius 2 is 1.58 bits per heavy atom. The predicted octanol–water partition coefficient (Wildman–Crippen LogP) is 2.77. The van der Waals surface area contributed by atoms with E-state index in [0.29, 0.717) is 6.42 Å². The van der Waals surface area contributed by atoms with Crippen LogP contribution in [-0.2, 0) is 57.1 Å². The van der Waals surface area contributed by atoms with Gasteiger partial charge in [0.2, 0.25) is 0 Å². The predicted molar refractivity (Wildman–Crippen MR) is 205 cm³/mol. The fourth-order valence-electron chi connectivity index (χ4n) is 7.91. The highest BCUT2D eigenvalue weighted by atomic mass is 16.7. The maximum Gasteiger partial charge on any atom is 0.309 e. The summed E-state index contributed by atoms with van der Waals surface area (Å²) >= 11 is 0. The number of aliphatic hydroxyl groups excluding tert-OH is 2. The van der Waals surface area contributed by atoms with Gasteiger partial charge in [-0.15, -0.1) is 0 Å². The smallest absolute Gasteiger partial charge is 0.309 e. The first kappa shape index (κ1) is 48.6. The van der Waals surface area contributed by atoms with Crippen molar-refractivity contribution in [3.05, 3.63) is 24.3 Å². The molecule has 16 nitrogen and oxygen atoms in total. The van der Waals surface area contributed by atoms with Crippen LogP contribution in [0.1, 0.15) is 93.4 Å². The Morgan fingerprint density at radius 1 is 0.930 bits per heavy atom. The first-order chi connectivity index (χ1) is 26.8. The van der Waals surface area contributed by atoms with Crippen molar-refractivity contribution in [1.82, 2.24) is 4.90 Å². The van der Waals surface area contributed by atoms with Gasteiger partial charge in [-0.1, -0.05) is 45.1 Å². The first-order valence-corrected chi connectivity index (χ1v) is 20.1. The summed E-state index contributed by atoms with van der Waals surface area (Å²) in [6.07, 6.45) is -3.92. The van der Waals surface area contributed by atoms with Gasteiger partial charge in [-0.25, -0.2) is 0 Å². The Bertz CT molecular complexity index is 1350. The van der Waals surface area contributed by atoms with E-state index in [2.05, 4.69) is 0 Å². The molecule has 3 aliphatic rings. The van der Waals surface area contributed by atoms with E-state index in [1.54, 1.807) is 78.8 Å². The number of rotatable bonds is 12. The van der Waals surface area contributed by atoms with Gasteiger partial charge in [0, 0.05) is 39.2 Å². The molecule has 16 heteroatoms. The Kier molecular flexibility index (Phi) is 19.2. The Labute approximate surface area is 337 Å². The van der Waals surface area contributed by atoms with E-state index in [9.17, 15) is 34.5 Å². The quantitative estimate of drug-likeness (QED) is 0.147. The van der Waals surface area contributed by atoms with Crippen LogP contribution in [0.2, 0.25) is 0 Å². The lowest BCUT2D eigenvalue weighted by molar-refractivity contribution is -0.344. The number of carbonyl (C=O) groups is 4. The molecule has 3 N–H and O–H groups in total. The van der Waals surface area contributed by atoms with Crippen molar-refractivity contribution in [2.75, 3.05) is 21.2 Å². The number of nitrogens with zero attached hydrogens (tertiary/aromatic N) is 1. The summed E-state index contributed by atoms with van der Waals surface area (Å²) in [6, 6.07) is -0.760. The molecule has 0 aromatic heterocycles. The molecule has 16 atom stereocenters. The van der Waals surface area contributed by atoms with Crippen molar-refractivity contribution in [2.24, 2.45) is 11.8 Å². The fraction of sp³-hybridized carbons (Fsp3) is 0.805. The highest BCUT2D eigenvalue weighted by molar-refractivity contribution is 5.72. The van der Waals surface area contributed by atoms with E-state index in [4.69, 9.17) is 37.9 Å². The SMILES string of the molecule is CCC(=O)OC1CC(=O)OC(C)CC(O)C=CC=CC(C)CC(CC=O)C(OC2OC(C)C(OC3CC(C)(O)C(OC(=O)CC)C(C)O3)C(N(C)C)C2O)C1OC. The maximum absolute atomic E-state index is 13.3. The number of aldehydes is 1. The highest BCUT2D eigenvalue weighted by Crippen LogP contribution is 2.37. The van der Waals surface area contributed by atoms with Crippen LogP contribution in [-0.4, -0.2) is 151 Å². The average Bonchev–Trinajstić information content (AvgIpc) is 3.12. The van der Waals surface area contributed by atoms with Gasteiger partial charge in [-0.3, -0.25) is 14.4 Å². The summed E-state index contributed by atoms with van der Waals surface area (Å²) < 4.78 is 48.5. The molecule has 0 aromatic carbocycles. The molecule has 0 saturated carbocycles. The van der Waals surface area contributed by atoms with Crippen molar-refractivity contribution in [1.29, 1.82) is 0 Å². The van der Waals surface area contributed by atoms with Crippen LogP contribution < -0.4 is 0 Å². The van der Waals surface area contributed by atoms with Crippen LogP contribution in [0.15, 0.2) is 24.3 Å². The largest absolute Gasteiger partial charge is 0.462 e. The second-order valence-electron chi connectivity index (χ2n) is 16.0. The van der Waals surface area contributed by atoms with Crippen LogP contribution in [0.4, 0.5) is 0 Å². The van der Waals surface area contributed by atoms with Gasteiger partial charge >= 0.3 is 17.9 Å². The summed E-state index contributed by atoms with van der Waals surface area (Å²) in [6.45, 7) is 11.9. The lowest BCUT2D eigenvalue weighted by Crippen LogP contribution is -2.66. The number of likely N-dealkylation sites (N-methyl/N-ethyl adjacent to an activating group) is 1. The zero-order chi connectivity index (χ0) is 42.6. The van der Waals surface area contributed by atoms with E-state index in [0.717, 1.165) is 6.29 Å². The minimum Gasteiger partial charge on any atom is -0.462 e. The molecule has 2 saturated heterocycles. The third-order valence-electron chi connectivity index (χ3n) is 10.7. The monoisotopic (exact) mass is 813 g/mol. The van der Waals surface area contributed by atoms with Gasteiger partial charge < -0.3 is 62.9 Å². The number of esters is 3. The molecule has 0 aromatic rings. The number of hydrogen-bond donors (Lipinski definition) is 3. The summed E-state index contributed by atoms with van der Waals surface area (Å²) in [4.78, 5) is 52.3. The molecular formula is C41H67NO15. The zero-order valence-corrected chi connectivity index (χ0v) is 35.2. The molecule has 0 bridgehead atoms. The standard InChI is InChI=1S/C41H67NO15/c1-11-30(45)54-29-21-32(47)51-24(4)20-28(44)16-14-13-15-23(3)19-27(17-18-43)37(38(29)50-10)57-40-35(48)34(42(8)9)36(25(5)53-40)56-33-22-41(7,49)39(26(6)52-33)55-31(46)12-2/h13-16,18,23-29,33-40,44,48-49H,11-12,17,19-22H2,1-10H3. The zero-order valence-electron chi connectivity index (χ0n) is 35.2. The van der Waals surface area contributed by atoms with Gasteiger partial charge in [0.1, 0.15) is 42.4 Å². The molecule has 3 aliphatic heterocycles. The number of cyclic esters (lactones) is 1. The van der Waals surface area contributed by atoms with Crippen LogP contribution in [0, 0.1) is 11.8 Å². The molecule has 0 radical (unpaired) electrons. The van der Waals surface area contributed by atoms with Gasteiger partial charge in [0.05, 0.1) is 36.9 Å². The normalized spacial score (nSPS) is 40.0. The maximum atomic E-state index is 13.3. The average molecular weight is 814 g/mol. The van der Waals surface area contributed by atoms with Crippen molar-refractivity contribution in [3.63, 3.8) is 0 Å². The van der Waals surface area contributed by atoms with Gasteiger partial charge in [-0.05, 0) is 60.0 Å². The van der Waals surface area contributed by atoms with Crippen molar-refractivity contribution in [3.8, 4) is 0 Å². The highest BCUT2D eigenvalue weighted by Gasteiger charge is 2.53. The van der Waals surface area contributed by atoms with E-state index < -0.39 is 116 Å². The topological polar surface area (TPSA) is 206 Å². The van der Waals surface area contributed by atoms with Gasteiger partial charge in [0.15, 0.2) is 18.7 Å². The molecule has 3 rings (SSSR count). The minimum absolute atomic E-state index is 0.000633. The molecule has 57 heavy (non-hydrogen) atoms. The first-order valence-electron chi connectivity index (χ1n) is 20.1. The van der Waals surface area contributed by atoms with Crippen LogP contribution in [0.25, 0.3) is 0 Å². The fourth-order valence-corrected chi connectivity index (χ4v) is 7.91. The minimum atomic E-state index is -1.48. The second-order valence-corrected chi connectivity index (χ2v) is 16.0. The second kappa shape index (κ2) is 22.5. The number of ether oxygens (including phenoxy) is 8. The Hall–Kier alpha value is -2.80. The lowest BCUT2D eigenvalue weighted by atomic mass is 9.84. The number of aliphatic hydroxyl groups is 3. The molecule has 326 valence electrons. The summed E-state index contributed by atoms with van der Waals surface area (Å²) in [5.41, 5.74) is -1.48. The third-order valence-corrected chi connectivity index (χ3v) is 10.7. The summed E-state index contributed by atoms with van der Waals surface area (Å²) in [5, 5.41) is 33.8. The van der Waals surface area contributed by atoms with Crippen molar-refractivity contribution in [2.45, 2.75) is 179 Å². The molecule has 0 amide bonds. The number of carbonyl (C=O) groups excluding carboxylic acids is 4. The van der Waals surface area contributed by atoms with E-state index in [1.807, 2.05) is 13.0 Å². The lowest BCUT2D eigenvalue weighted by Gasteiger charge is -2.50. The van der Waals surface area contributed by atoms with Crippen LogP contribution >= 0.6 is 0 Å². The van der Waals surface area contributed by atoms with Crippen LogP contribution in [0.3, 0.4) is 0 Å². The third kappa shape index (κ3) is 13.9. The van der Waals surface area contributed by atoms with Gasteiger partial charge in [-0.2, -0.15) is 0 Å². The van der Waals surface area contributed by atoms with E-state index in [1.165, 1.54) is 7.11 Å². The number of allylic oxidation sites excluding steroid dienone is 3. The number of methoxy groups -OCH3 is 1. The molecule has 2 fully saturated rings. The van der Waals surface area contributed by atoms with Crippen molar-refractivity contribution < 1.29 is 72.4 Å². The molecule has 0 spiro atoms. The van der Waals surface area contributed by atoms with E-state index >= 15 is 0 Å². The molecule has 0 aliphatic carbocycles. The van der Waals surface area contributed by atoms with E-state index in [-0.39, 0.29) is 38.0 Å². The number of hydrogen-bond acceptors (Lipinski definition) is 16. The van der Waals surface area contributed by atoms with Gasteiger partial charge in [0.25, 0.3) is 0 Å². The molecular weight excluding hydrogens is 746 g/mol. The molecule has 16 unspecified atom stereocenters. The van der Waals surface area contributed by atoms with Crippen LogP contribution in [0.5, 0.6) is 0 Å². The summed E-state index contributed by atoms with van der Waals surface area (Å²) in [5.74, 6) is -2.51.